The number of carbonyl (C=O) groups excluding carboxylic acids is 1. The van der Waals surface area contributed by atoms with Gasteiger partial charge in [0.1, 0.15) is 0 Å². The molecular weight excluding hydrogens is 844 g/mol. The normalized spacial score (nSPS) is 13.8. The van der Waals surface area contributed by atoms with E-state index in [1.54, 1.807) is 0 Å². The lowest BCUT2D eigenvalue weighted by Gasteiger charge is -2.19. The van der Waals surface area contributed by atoms with Crippen molar-refractivity contribution in [3.8, 4) is 66.9 Å². The van der Waals surface area contributed by atoms with Crippen molar-refractivity contribution in [2.24, 2.45) is 4.99 Å². The van der Waals surface area contributed by atoms with Gasteiger partial charge in [0.05, 0.1) is 17.5 Å². The number of nitrogens with zero attached hydrogens (tertiary/aromatic N) is 2. The van der Waals surface area contributed by atoms with Crippen molar-refractivity contribution in [3.63, 3.8) is 0 Å². The van der Waals surface area contributed by atoms with Gasteiger partial charge in [-0.15, -0.1) is 0 Å². The maximum atomic E-state index is 12.7. The standard InChI is InChI=1S/C52H40Br2N2O2/c1-34(57)28-41(58)23-20-35-12-2-3-13-42(35)38-29-39(43-14-4-6-16-45(43)47-24-21-36(32-49(47)53)51-18-8-10-26-55-51)31-40(30-38)44-15-5-7-17-46(44)48-25-22-37(33-50(48)54)52-19-9-11-27-56-52/h2-18,21-22,24-33,52,57H,19-20,23H2,1H3. The molecule has 6 aromatic carbocycles. The van der Waals surface area contributed by atoms with Crippen molar-refractivity contribution in [1.29, 1.82) is 0 Å². The first-order valence-corrected chi connectivity index (χ1v) is 20.9. The summed E-state index contributed by atoms with van der Waals surface area (Å²) >= 11 is 7.87. The number of rotatable bonds is 11. The Bertz CT molecular complexity index is 2730. The van der Waals surface area contributed by atoms with E-state index >= 15 is 0 Å². The molecule has 1 unspecified atom stereocenters. The van der Waals surface area contributed by atoms with Gasteiger partial charge in [0.15, 0.2) is 5.78 Å². The molecule has 0 saturated carbocycles. The quantitative estimate of drug-likeness (QED) is 0.104. The van der Waals surface area contributed by atoms with Crippen LogP contribution in [0.25, 0.3) is 66.9 Å². The molecule has 1 aliphatic rings. The molecular formula is C52H40Br2N2O2. The molecule has 2 heterocycles. The lowest BCUT2D eigenvalue weighted by Crippen LogP contribution is -1.99. The van der Waals surface area contributed by atoms with Crippen molar-refractivity contribution >= 4 is 43.9 Å². The Morgan fingerprint density at radius 3 is 1.83 bits per heavy atom. The number of aliphatic hydroxyl groups excluding tert-OH is 1. The first-order valence-electron chi connectivity index (χ1n) is 19.3. The smallest absolute Gasteiger partial charge is 0.159 e. The maximum Gasteiger partial charge on any atom is 0.159 e. The zero-order valence-corrected chi connectivity index (χ0v) is 35.1. The van der Waals surface area contributed by atoms with Crippen molar-refractivity contribution in [3.05, 3.63) is 196 Å². The third-order valence-corrected chi connectivity index (χ3v) is 11.8. The first kappa shape index (κ1) is 38.9. The molecule has 1 atom stereocenters. The van der Waals surface area contributed by atoms with Crippen LogP contribution < -0.4 is 0 Å². The lowest BCUT2D eigenvalue weighted by molar-refractivity contribution is -0.114. The third kappa shape index (κ3) is 8.64. The monoisotopic (exact) mass is 882 g/mol. The summed E-state index contributed by atoms with van der Waals surface area (Å²) in [6.07, 6.45) is 10.9. The Balaban J connectivity index is 1.28. The van der Waals surface area contributed by atoms with E-state index in [1.165, 1.54) is 18.6 Å². The SMILES string of the molecule is CC(O)=CC(=O)CCc1ccccc1-c1cc(-c2ccccc2-c2ccc(-c3ccccn3)cc2Br)cc(-c2ccccc2-c2ccc(C3CC=CC=N3)cc2Br)c1. The van der Waals surface area contributed by atoms with E-state index in [4.69, 9.17) is 4.99 Å². The summed E-state index contributed by atoms with van der Waals surface area (Å²) in [5.41, 5.74) is 15.0. The zero-order chi connectivity index (χ0) is 40.0. The molecule has 1 aromatic heterocycles. The van der Waals surface area contributed by atoms with E-state index in [0.29, 0.717) is 12.8 Å². The van der Waals surface area contributed by atoms with Crippen LogP contribution in [0.4, 0.5) is 0 Å². The summed E-state index contributed by atoms with van der Waals surface area (Å²) < 4.78 is 2.00. The summed E-state index contributed by atoms with van der Waals surface area (Å²) in [6.45, 7) is 1.53. The number of benzene rings is 6. The number of hydrogen-bond acceptors (Lipinski definition) is 4. The van der Waals surface area contributed by atoms with Crippen LogP contribution in [0.5, 0.6) is 0 Å². The van der Waals surface area contributed by atoms with Crippen LogP contribution in [0, 0.1) is 0 Å². The predicted molar refractivity (Wildman–Crippen MR) is 247 cm³/mol. The third-order valence-electron chi connectivity index (χ3n) is 10.5. The second-order valence-corrected chi connectivity index (χ2v) is 16.1. The van der Waals surface area contributed by atoms with Crippen LogP contribution in [0.15, 0.2) is 190 Å². The largest absolute Gasteiger partial charge is 0.512 e. The van der Waals surface area contributed by atoms with Crippen LogP contribution >= 0.6 is 31.9 Å². The summed E-state index contributed by atoms with van der Waals surface area (Å²) in [4.78, 5) is 22.0. The highest BCUT2D eigenvalue weighted by Gasteiger charge is 2.19. The molecule has 0 amide bonds. The summed E-state index contributed by atoms with van der Waals surface area (Å²) in [6, 6.07) is 51.3. The van der Waals surface area contributed by atoms with Crippen LogP contribution in [0.3, 0.4) is 0 Å². The van der Waals surface area contributed by atoms with Crippen LogP contribution in [-0.4, -0.2) is 22.1 Å². The highest BCUT2D eigenvalue weighted by atomic mass is 79.9. The highest BCUT2D eigenvalue weighted by Crippen LogP contribution is 2.44. The van der Waals surface area contributed by atoms with Gasteiger partial charge in [0.2, 0.25) is 0 Å². The molecule has 8 rings (SSSR count). The molecule has 0 fully saturated rings. The van der Waals surface area contributed by atoms with E-state index in [2.05, 4.69) is 164 Å². The molecule has 6 heteroatoms. The fourth-order valence-corrected chi connectivity index (χ4v) is 8.91. The van der Waals surface area contributed by atoms with Crippen LogP contribution in [0.2, 0.25) is 0 Å². The van der Waals surface area contributed by atoms with Crippen molar-refractivity contribution in [1.82, 2.24) is 4.98 Å². The molecule has 284 valence electrons. The van der Waals surface area contributed by atoms with E-state index in [0.717, 1.165) is 87.8 Å². The van der Waals surface area contributed by atoms with Crippen molar-refractivity contribution in [2.75, 3.05) is 0 Å². The number of pyridine rings is 1. The summed E-state index contributed by atoms with van der Waals surface area (Å²) in [5, 5.41) is 9.74. The first-order chi connectivity index (χ1) is 28.3. The van der Waals surface area contributed by atoms with Crippen LogP contribution in [-0.2, 0) is 11.2 Å². The Labute approximate surface area is 356 Å². The minimum Gasteiger partial charge on any atom is -0.512 e. The van der Waals surface area contributed by atoms with E-state index < -0.39 is 0 Å². The number of aliphatic hydroxyl groups is 1. The fraction of sp³-hybridized carbons (Fsp3) is 0.0962. The van der Waals surface area contributed by atoms with Gasteiger partial charge in [-0.05, 0) is 135 Å². The lowest BCUT2D eigenvalue weighted by atomic mass is 9.86. The Kier molecular flexibility index (Phi) is 11.9. The molecule has 1 N–H and O–H groups in total. The second kappa shape index (κ2) is 17.7. The summed E-state index contributed by atoms with van der Waals surface area (Å²) in [5.74, 6) is -0.0815. The zero-order valence-electron chi connectivity index (χ0n) is 31.9. The number of aryl methyl sites for hydroxylation is 1. The van der Waals surface area contributed by atoms with Crippen LogP contribution in [0.1, 0.15) is 36.9 Å². The van der Waals surface area contributed by atoms with Gasteiger partial charge in [0, 0.05) is 39.4 Å². The van der Waals surface area contributed by atoms with E-state index in [1.807, 2.05) is 42.8 Å². The van der Waals surface area contributed by atoms with Gasteiger partial charge in [-0.2, -0.15) is 0 Å². The average molecular weight is 885 g/mol. The maximum absolute atomic E-state index is 12.7. The number of aliphatic imine (C=N–C) groups is 1. The highest BCUT2D eigenvalue weighted by molar-refractivity contribution is 9.11. The number of hydrogen-bond donors (Lipinski definition) is 1. The summed E-state index contributed by atoms with van der Waals surface area (Å²) in [7, 11) is 0. The Hall–Kier alpha value is -5.95. The molecule has 0 radical (unpaired) electrons. The Morgan fingerprint density at radius 1 is 0.655 bits per heavy atom. The molecule has 0 spiro atoms. The van der Waals surface area contributed by atoms with Gasteiger partial charge in [0.25, 0.3) is 0 Å². The molecule has 0 saturated heterocycles. The minimum atomic E-state index is -0.102. The van der Waals surface area contributed by atoms with Gasteiger partial charge >= 0.3 is 0 Å². The number of halogens is 2. The minimum absolute atomic E-state index is 0.0203. The number of ketones is 1. The molecule has 4 nitrogen and oxygen atoms in total. The van der Waals surface area contributed by atoms with Crippen molar-refractivity contribution in [2.45, 2.75) is 32.2 Å². The van der Waals surface area contributed by atoms with Gasteiger partial charge in [-0.1, -0.05) is 141 Å². The van der Waals surface area contributed by atoms with E-state index in [9.17, 15) is 9.90 Å². The molecule has 7 aromatic rings. The van der Waals surface area contributed by atoms with Gasteiger partial charge in [-0.3, -0.25) is 14.8 Å². The van der Waals surface area contributed by atoms with Gasteiger partial charge < -0.3 is 5.11 Å². The average Bonchev–Trinajstić information content (AvgIpc) is 3.26. The molecule has 0 bridgehead atoms. The number of allylic oxidation sites excluding steroid dienone is 3. The number of carbonyl (C=O) groups is 1. The molecule has 58 heavy (non-hydrogen) atoms. The number of dihydropyridines is 1. The molecule has 0 aliphatic carbocycles. The predicted octanol–water partition coefficient (Wildman–Crippen LogP) is 14.6. The van der Waals surface area contributed by atoms with E-state index in [-0.39, 0.29) is 17.6 Å². The Morgan fingerprint density at radius 2 is 1.24 bits per heavy atom. The van der Waals surface area contributed by atoms with Gasteiger partial charge in [-0.25, -0.2) is 0 Å². The van der Waals surface area contributed by atoms with Crippen molar-refractivity contribution < 1.29 is 9.90 Å². The number of aromatic nitrogens is 1. The second-order valence-electron chi connectivity index (χ2n) is 14.4. The fourth-order valence-electron chi connectivity index (χ4n) is 7.70. The molecule has 1 aliphatic heterocycles. The topological polar surface area (TPSA) is 62.5 Å².